The smallest absolute Gasteiger partial charge is 0.195 e. The van der Waals surface area contributed by atoms with Gasteiger partial charge in [-0.2, -0.15) is 0 Å². The minimum absolute atomic E-state index is 1.05. The van der Waals surface area contributed by atoms with Gasteiger partial charge in [-0.15, -0.1) is 0 Å². The Morgan fingerprint density at radius 1 is 0.952 bits per heavy atom. The fourth-order valence-corrected chi connectivity index (χ4v) is 3.84. The van der Waals surface area contributed by atoms with Crippen molar-refractivity contribution in [2.75, 3.05) is 0 Å². The van der Waals surface area contributed by atoms with Crippen molar-refractivity contribution in [3.8, 4) is 11.3 Å². The molecule has 0 fully saturated rings. The highest BCUT2D eigenvalue weighted by atomic mass is 32.1. The Morgan fingerprint density at radius 2 is 1.81 bits per heavy atom. The Kier molecular flexibility index (Phi) is 2.66. The number of imidazole rings is 1. The van der Waals surface area contributed by atoms with E-state index in [1.165, 1.54) is 32.5 Å². The van der Waals surface area contributed by atoms with Crippen LogP contribution in [0, 0.1) is 20.8 Å². The average molecular weight is 292 g/mol. The summed E-state index contributed by atoms with van der Waals surface area (Å²) in [5.41, 5.74) is 7.44. The Balaban J connectivity index is 1.97. The summed E-state index contributed by atoms with van der Waals surface area (Å²) in [7, 11) is 0. The molecule has 3 heteroatoms. The second-order valence-corrected chi connectivity index (χ2v) is 6.61. The summed E-state index contributed by atoms with van der Waals surface area (Å²) in [6.45, 7) is 6.45. The molecule has 0 spiro atoms. The largest absolute Gasteiger partial charge is 0.289 e. The molecular formula is C18H16N2S. The molecule has 0 bridgehead atoms. The maximum Gasteiger partial charge on any atom is 0.195 e. The fourth-order valence-electron chi connectivity index (χ4n) is 2.76. The lowest BCUT2D eigenvalue weighted by molar-refractivity contribution is 1.27. The Morgan fingerprint density at radius 3 is 2.62 bits per heavy atom. The van der Waals surface area contributed by atoms with Gasteiger partial charge in [0.25, 0.3) is 0 Å². The van der Waals surface area contributed by atoms with Gasteiger partial charge in [-0.25, -0.2) is 4.98 Å². The number of fused-ring (bicyclic) bond motifs is 3. The minimum Gasteiger partial charge on any atom is -0.289 e. The third-order valence-corrected chi connectivity index (χ3v) is 5.14. The molecule has 4 rings (SSSR count). The average Bonchev–Trinajstić information content (AvgIpc) is 2.99. The second kappa shape index (κ2) is 4.43. The summed E-state index contributed by atoms with van der Waals surface area (Å²) in [6.07, 6.45) is 2.16. The van der Waals surface area contributed by atoms with Crippen LogP contribution in [0.25, 0.3) is 26.4 Å². The molecule has 2 heterocycles. The molecule has 2 aromatic carbocycles. The molecule has 21 heavy (non-hydrogen) atoms. The van der Waals surface area contributed by atoms with Gasteiger partial charge in [-0.1, -0.05) is 35.6 Å². The van der Waals surface area contributed by atoms with Crippen LogP contribution in [-0.2, 0) is 0 Å². The first kappa shape index (κ1) is 12.6. The van der Waals surface area contributed by atoms with Gasteiger partial charge in [0, 0.05) is 11.8 Å². The molecule has 0 aliphatic heterocycles. The molecule has 0 unspecified atom stereocenters. The zero-order chi connectivity index (χ0) is 14.6. The van der Waals surface area contributed by atoms with E-state index in [4.69, 9.17) is 4.98 Å². The summed E-state index contributed by atoms with van der Waals surface area (Å²) >= 11 is 1.75. The van der Waals surface area contributed by atoms with Crippen LogP contribution < -0.4 is 0 Å². The van der Waals surface area contributed by atoms with Crippen molar-refractivity contribution < 1.29 is 0 Å². The number of para-hydroxylation sites is 1. The van der Waals surface area contributed by atoms with Crippen LogP contribution in [0.4, 0.5) is 0 Å². The van der Waals surface area contributed by atoms with Gasteiger partial charge in [0.2, 0.25) is 0 Å². The van der Waals surface area contributed by atoms with E-state index in [1.54, 1.807) is 11.3 Å². The summed E-state index contributed by atoms with van der Waals surface area (Å²) < 4.78 is 3.52. The zero-order valence-corrected chi connectivity index (χ0v) is 13.2. The molecular weight excluding hydrogens is 276 g/mol. The zero-order valence-electron chi connectivity index (χ0n) is 12.3. The van der Waals surface area contributed by atoms with Crippen molar-refractivity contribution in [3.05, 3.63) is 59.3 Å². The van der Waals surface area contributed by atoms with Crippen molar-refractivity contribution in [2.45, 2.75) is 20.8 Å². The van der Waals surface area contributed by atoms with Crippen molar-refractivity contribution in [1.82, 2.24) is 9.38 Å². The molecule has 0 aliphatic rings. The first-order valence-electron chi connectivity index (χ1n) is 7.08. The Bertz CT molecular complexity index is 976. The van der Waals surface area contributed by atoms with Crippen LogP contribution >= 0.6 is 11.3 Å². The third-order valence-electron chi connectivity index (χ3n) is 4.12. The van der Waals surface area contributed by atoms with Gasteiger partial charge >= 0.3 is 0 Å². The maximum atomic E-state index is 4.81. The predicted octanol–water partition coefficient (Wildman–Crippen LogP) is 5.14. The molecule has 4 aromatic rings. The van der Waals surface area contributed by atoms with Crippen molar-refractivity contribution >= 4 is 26.5 Å². The minimum atomic E-state index is 1.05. The highest BCUT2D eigenvalue weighted by Gasteiger charge is 2.11. The number of thiazole rings is 1. The molecule has 0 saturated heterocycles. The molecule has 0 atom stereocenters. The van der Waals surface area contributed by atoms with E-state index < -0.39 is 0 Å². The molecule has 104 valence electrons. The lowest BCUT2D eigenvalue weighted by atomic mass is 10.0. The van der Waals surface area contributed by atoms with E-state index >= 15 is 0 Å². The number of aryl methyl sites for hydroxylation is 3. The summed E-state index contributed by atoms with van der Waals surface area (Å²) in [6, 6.07) is 13.0. The van der Waals surface area contributed by atoms with Gasteiger partial charge in [-0.05, 0) is 49.6 Å². The lowest BCUT2D eigenvalue weighted by Crippen LogP contribution is -1.84. The van der Waals surface area contributed by atoms with Gasteiger partial charge in [-0.3, -0.25) is 4.40 Å². The van der Waals surface area contributed by atoms with Gasteiger partial charge in [0.05, 0.1) is 15.9 Å². The van der Waals surface area contributed by atoms with Crippen LogP contribution in [0.3, 0.4) is 0 Å². The van der Waals surface area contributed by atoms with E-state index in [2.05, 4.69) is 67.8 Å². The van der Waals surface area contributed by atoms with Gasteiger partial charge in [0.15, 0.2) is 4.96 Å². The van der Waals surface area contributed by atoms with E-state index in [0.29, 0.717) is 0 Å². The number of rotatable bonds is 1. The third kappa shape index (κ3) is 1.88. The number of hydrogen-bond acceptors (Lipinski definition) is 2. The molecule has 0 N–H and O–H groups in total. The van der Waals surface area contributed by atoms with Gasteiger partial charge in [0.1, 0.15) is 0 Å². The number of benzene rings is 2. The summed E-state index contributed by atoms with van der Waals surface area (Å²) in [4.78, 5) is 5.88. The van der Waals surface area contributed by atoms with Crippen LogP contribution in [0.15, 0.2) is 42.6 Å². The molecule has 0 saturated carbocycles. The quantitative estimate of drug-likeness (QED) is 0.475. The Labute approximate surface area is 127 Å². The predicted molar refractivity (Wildman–Crippen MR) is 90.2 cm³/mol. The topological polar surface area (TPSA) is 17.3 Å². The SMILES string of the molecule is Cc1ccc(-c2cn3c(n2)sc2cccc(C)c23)cc1C. The van der Waals surface area contributed by atoms with E-state index in [-0.39, 0.29) is 0 Å². The molecule has 0 amide bonds. The standard InChI is InChI=1S/C18H16N2S/c1-11-7-8-14(9-13(11)3)15-10-20-17-12(2)5-4-6-16(17)21-18(20)19-15/h4-10H,1-3H3. The van der Waals surface area contributed by atoms with Crippen molar-refractivity contribution in [3.63, 3.8) is 0 Å². The van der Waals surface area contributed by atoms with Crippen LogP contribution in [0.1, 0.15) is 16.7 Å². The monoisotopic (exact) mass is 292 g/mol. The van der Waals surface area contributed by atoms with Crippen LogP contribution in [0.5, 0.6) is 0 Å². The van der Waals surface area contributed by atoms with E-state index in [0.717, 1.165) is 10.7 Å². The first-order valence-corrected chi connectivity index (χ1v) is 7.90. The van der Waals surface area contributed by atoms with Crippen molar-refractivity contribution in [1.29, 1.82) is 0 Å². The fraction of sp³-hybridized carbons (Fsp3) is 0.167. The van der Waals surface area contributed by atoms with Gasteiger partial charge < -0.3 is 0 Å². The highest BCUT2D eigenvalue weighted by Crippen LogP contribution is 2.31. The molecule has 0 radical (unpaired) electrons. The van der Waals surface area contributed by atoms with E-state index in [1.807, 2.05) is 0 Å². The van der Waals surface area contributed by atoms with Crippen LogP contribution in [-0.4, -0.2) is 9.38 Å². The molecule has 2 aromatic heterocycles. The lowest BCUT2D eigenvalue weighted by Gasteiger charge is -2.02. The normalized spacial score (nSPS) is 11.6. The second-order valence-electron chi connectivity index (χ2n) is 5.60. The summed E-state index contributed by atoms with van der Waals surface area (Å²) in [5, 5.41) is 0. The van der Waals surface area contributed by atoms with E-state index in [9.17, 15) is 0 Å². The highest BCUT2D eigenvalue weighted by molar-refractivity contribution is 7.23. The number of nitrogens with zero attached hydrogens (tertiary/aromatic N) is 2. The van der Waals surface area contributed by atoms with Crippen molar-refractivity contribution in [2.24, 2.45) is 0 Å². The number of hydrogen-bond donors (Lipinski definition) is 0. The summed E-state index contributed by atoms with van der Waals surface area (Å²) in [5.74, 6) is 0. The Hall–Kier alpha value is -2.13. The molecule has 2 nitrogen and oxygen atoms in total. The molecule has 0 aliphatic carbocycles. The maximum absolute atomic E-state index is 4.81. The first-order chi connectivity index (χ1) is 10.1. The number of aromatic nitrogens is 2. The van der Waals surface area contributed by atoms with Crippen LogP contribution in [0.2, 0.25) is 0 Å².